The average molecular weight is 453 g/mol. The van der Waals surface area contributed by atoms with Crippen molar-refractivity contribution < 1.29 is 22.7 Å². The molecule has 0 spiro atoms. The fraction of sp³-hybridized carbons (Fsp3) is 0.292. The molecule has 3 aromatic rings. The minimum absolute atomic E-state index is 0.107. The molecule has 2 aliphatic heterocycles. The predicted molar refractivity (Wildman–Crippen MR) is 121 cm³/mol. The molecule has 0 unspecified atom stereocenters. The molecule has 1 fully saturated rings. The van der Waals surface area contributed by atoms with Gasteiger partial charge >= 0.3 is 0 Å². The van der Waals surface area contributed by atoms with Crippen molar-refractivity contribution in [3.63, 3.8) is 0 Å². The molecule has 0 aromatic heterocycles. The van der Waals surface area contributed by atoms with Crippen molar-refractivity contribution in [2.24, 2.45) is 5.92 Å². The van der Waals surface area contributed by atoms with Gasteiger partial charge in [-0.2, -0.15) is 4.31 Å². The number of carbonyl (C=O) groups is 1. The first-order valence-corrected chi connectivity index (χ1v) is 12.1. The summed E-state index contributed by atoms with van der Waals surface area (Å²) in [5, 5.41) is 4.82. The summed E-state index contributed by atoms with van der Waals surface area (Å²) in [6, 6.07) is 18.2. The van der Waals surface area contributed by atoms with Crippen LogP contribution in [0, 0.1) is 5.92 Å². The van der Waals surface area contributed by atoms with Crippen molar-refractivity contribution in [2.45, 2.75) is 17.7 Å². The number of hydrogen-bond donors (Lipinski definition) is 1. The number of nitrogens with zero attached hydrogens (tertiary/aromatic N) is 1. The Bertz CT molecular complexity index is 1270. The number of piperidine rings is 1. The van der Waals surface area contributed by atoms with Gasteiger partial charge in [0.25, 0.3) is 0 Å². The number of nitrogens with one attached hydrogen (secondary N) is 1. The lowest BCUT2D eigenvalue weighted by atomic mass is 9.97. The van der Waals surface area contributed by atoms with Crippen LogP contribution in [0.5, 0.6) is 11.5 Å². The first-order chi connectivity index (χ1) is 15.5. The minimum Gasteiger partial charge on any atom is -0.486 e. The SMILES string of the molecule is O=C(Nc1ccc2c(c1)OCCO2)C1CCN(S(=O)(=O)c2ccc3ccccc3c2)CC1. The van der Waals surface area contributed by atoms with E-state index >= 15 is 0 Å². The van der Waals surface area contributed by atoms with Crippen molar-refractivity contribution in [1.82, 2.24) is 4.31 Å². The van der Waals surface area contributed by atoms with Crippen molar-refractivity contribution in [3.8, 4) is 11.5 Å². The lowest BCUT2D eigenvalue weighted by Crippen LogP contribution is -2.41. The van der Waals surface area contributed by atoms with E-state index in [0.29, 0.717) is 56.3 Å². The van der Waals surface area contributed by atoms with Crippen LogP contribution in [0.15, 0.2) is 65.6 Å². The number of ether oxygens (including phenoxy) is 2. The van der Waals surface area contributed by atoms with Crippen LogP contribution in [0.25, 0.3) is 10.8 Å². The van der Waals surface area contributed by atoms with Crippen LogP contribution in [-0.4, -0.2) is 44.9 Å². The highest BCUT2D eigenvalue weighted by Crippen LogP contribution is 2.33. The largest absolute Gasteiger partial charge is 0.486 e. The van der Waals surface area contributed by atoms with Crippen LogP contribution in [0.4, 0.5) is 5.69 Å². The van der Waals surface area contributed by atoms with Crippen LogP contribution < -0.4 is 14.8 Å². The molecule has 1 amide bonds. The van der Waals surface area contributed by atoms with Gasteiger partial charge in [0.15, 0.2) is 11.5 Å². The third-order valence-corrected chi connectivity index (χ3v) is 7.89. The van der Waals surface area contributed by atoms with Gasteiger partial charge in [-0.15, -0.1) is 0 Å². The van der Waals surface area contributed by atoms with Crippen molar-refractivity contribution >= 4 is 32.4 Å². The van der Waals surface area contributed by atoms with Crippen LogP contribution in [0.1, 0.15) is 12.8 Å². The molecule has 1 saturated heterocycles. The number of anilines is 1. The highest BCUT2D eigenvalue weighted by molar-refractivity contribution is 7.89. The average Bonchev–Trinajstić information content (AvgIpc) is 2.83. The zero-order chi connectivity index (χ0) is 22.1. The molecular weight excluding hydrogens is 428 g/mol. The maximum absolute atomic E-state index is 13.1. The van der Waals surface area contributed by atoms with E-state index in [1.54, 1.807) is 30.3 Å². The lowest BCUT2D eigenvalue weighted by Gasteiger charge is -2.30. The second-order valence-corrected chi connectivity index (χ2v) is 9.97. The van der Waals surface area contributed by atoms with Gasteiger partial charge in [0.1, 0.15) is 13.2 Å². The maximum Gasteiger partial charge on any atom is 0.243 e. The van der Waals surface area contributed by atoms with E-state index in [2.05, 4.69) is 5.32 Å². The van der Waals surface area contributed by atoms with Crippen molar-refractivity contribution in [2.75, 3.05) is 31.6 Å². The number of amides is 1. The fourth-order valence-corrected chi connectivity index (χ4v) is 5.71. The Labute approximate surface area is 187 Å². The number of fused-ring (bicyclic) bond motifs is 2. The Morgan fingerprint density at radius 3 is 2.38 bits per heavy atom. The quantitative estimate of drug-likeness (QED) is 0.653. The van der Waals surface area contributed by atoms with Gasteiger partial charge in [0.2, 0.25) is 15.9 Å². The van der Waals surface area contributed by atoms with Crippen LogP contribution >= 0.6 is 0 Å². The van der Waals surface area contributed by atoms with Crippen molar-refractivity contribution in [1.29, 1.82) is 0 Å². The highest BCUT2D eigenvalue weighted by atomic mass is 32.2. The van der Waals surface area contributed by atoms with E-state index in [4.69, 9.17) is 9.47 Å². The molecule has 0 atom stereocenters. The molecule has 1 N–H and O–H groups in total. The van der Waals surface area contributed by atoms with Gasteiger partial charge in [-0.1, -0.05) is 30.3 Å². The molecule has 2 heterocycles. The summed E-state index contributed by atoms with van der Waals surface area (Å²) in [4.78, 5) is 13.0. The summed E-state index contributed by atoms with van der Waals surface area (Å²) >= 11 is 0. The molecule has 0 bridgehead atoms. The van der Waals surface area contributed by atoms with Gasteiger partial charge in [0.05, 0.1) is 4.90 Å². The van der Waals surface area contributed by atoms with Gasteiger partial charge in [-0.3, -0.25) is 4.79 Å². The lowest BCUT2D eigenvalue weighted by molar-refractivity contribution is -0.120. The maximum atomic E-state index is 13.1. The van der Waals surface area contributed by atoms with E-state index in [9.17, 15) is 13.2 Å². The molecular formula is C24H24N2O5S. The molecule has 0 aliphatic carbocycles. The van der Waals surface area contributed by atoms with E-state index < -0.39 is 10.0 Å². The number of sulfonamides is 1. The molecule has 0 radical (unpaired) electrons. The smallest absolute Gasteiger partial charge is 0.243 e. The Hall–Kier alpha value is -3.10. The molecule has 0 saturated carbocycles. The second kappa shape index (κ2) is 8.44. The summed E-state index contributed by atoms with van der Waals surface area (Å²) in [5.74, 6) is 0.933. The third kappa shape index (κ3) is 4.03. The fourth-order valence-electron chi connectivity index (χ4n) is 4.20. The number of benzene rings is 3. The van der Waals surface area contributed by atoms with E-state index in [-0.39, 0.29) is 16.7 Å². The van der Waals surface area contributed by atoms with Crippen molar-refractivity contribution in [3.05, 3.63) is 60.7 Å². The molecule has 8 heteroatoms. The molecule has 166 valence electrons. The van der Waals surface area contributed by atoms with E-state index in [1.165, 1.54) is 4.31 Å². The van der Waals surface area contributed by atoms with E-state index in [1.807, 2.05) is 30.3 Å². The second-order valence-electron chi connectivity index (χ2n) is 8.04. The third-order valence-electron chi connectivity index (χ3n) is 5.99. The van der Waals surface area contributed by atoms with Crippen LogP contribution in [-0.2, 0) is 14.8 Å². The van der Waals surface area contributed by atoms with Crippen LogP contribution in [0.2, 0.25) is 0 Å². The zero-order valence-electron chi connectivity index (χ0n) is 17.5. The topological polar surface area (TPSA) is 84.9 Å². The van der Waals surface area contributed by atoms with E-state index in [0.717, 1.165) is 10.8 Å². The Balaban J connectivity index is 1.23. The number of carbonyl (C=O) groups excluding carboxylic acids is 1. The van der Waals surface area contributed by atoms with Gasteiger partial charge in [0, 0.05) is 30.8 Å². The predicted octanol–water partition coefficient (Wildman–Crippen LogP) is 3.65. The number of hydrogen-bond acceptors (Lipinski definition) is 5. The van der Waals surface area contributed by atoms with Gasteiger partial charge in [-0.05, 0) is 47.9 Å². The summed E-state index contributed by atoms with van der Waals surface area (Å²) < 4.78 is 38.8. The zero-order valence-corrected chi connectivity index (χ0v) is 18.3. The molecule has 3 aromatic carbocycles. The summed E-state index contributed by atoms with van der Waals surface area (Å²) in [6.07, 6.45) is 0.951. The van der Waals surface area contributed by atoms with Gasteiger partial charge < -0.3 is 14.8 Å². The molecule has 2 aliphatic rings. The number of rotatable bonds is 4. The molecule has 5 rings (SSSR count). The Morgan fingerprint density at radius 2 is 1.59 bits per heavy atom. The summed E-state index contributed by atoms with van der Waals surface area (Å²) in [6.45, 7) is 1.62. The standard InChI is InChI=1S/C24H24N2O5S/c27-24(25-20-6-8-22-23(16-20)31-14-13-30-22)18-9-11-26(12-10-18)32(28,29)21-7-5-17-3-1-2-4-19(17)15-21/h1-8,15-16,18H,9-14H2,(H,25,27). The Morgan fingerprint density at radius 1 is 0.875 bits per heavy atom. The first-order valence-electron chi connectivity index (χ1n) is 10.7. The first kappa shape index (κ1) is 20.8. The summed E-state index contributed by atoms with van der Waals surface area (Å²) in [7, 11) is -3.60. The molecule has 7 nitrogen and oxygen atoms in total. The molecule has 32 heavy (non-hydrogen) atoms. The Kier molecular flexibility index (Phi) is 5.48. The normalized spacial score (nSPS) is 17.2. The minimum atomic E-state index is -3.60. The highest BCUT2D eigenvalue weighted by Gasteiger charge is 2.32. The monoisotopic (exact) mass is 452 g/mol. The van der Waals surface area contributed by atoms with Crippen LogP contribution in [0.3, 0.4) is 0 Å². The van der Waals surface area contributed by atoms with Gasteiger partial charge in [-0.25, -0.2) is 8.42 Å². The summed E-state index contributed by atoms with van der Waals surface area (Å²) in [5.41, 5.74) is 0.644.